The molecule has 3 aromatic heterocycles. The number of aryl methyl sites for hydroxylation is 1. The molecule has 5 aromatic rings. The average molecular weight is 518 g/mol. The van der Waals surface area contributed by atoms with Gasteiger partial charge in [0.1, 0.15) is 12.4 Å². The van der Waals surface area contributed by atoms with Crippen molar-refractivity contribution in [2.24, 2.45) is 7.05 Å². The van der Waals surface area contributed by atoms with Crippen molar-refractivity contribution in [3.05, 3.63) is 90.6 Å². The zero-order valence-electron chi connectivity index (χ0n) is 20.2. The van der Waals surface area contributed by atoms with E-state index in [2.05, 4.69) is 15.4 Å². The van der Waals surface area contributed by atoms with Crippen molar-refractivity contribution in [1.29, 1.82) is 0 Å². The number of carbonyl (C=O) groups is 1. The topological polar surface area (TPSA) is 98.9 Å². The fourth-order valence-corrected chi connectivity index (χ4v) is 4.86. The zero-order chi connectivity index (χ0) is 26.2. The second-order valence-corrected chi connectivity index (χ2v) is 10.8. The Morgan fingerprint density at radius 3 is 2.38 bits per heavy atom. The number of nitrogens with zero attached hydrogens (tertiary/aromatic N) is 4. The van der Waals surface area contributed by atoms with E-state index in [0.717, 1.165) is 28.0 Å². The smallest absolute Gasteiger partial charge is 0.240 e. The molecule has 8 nitrogen and oxygen atoms in total. The first-order chi connectivity index (χ1) is 17.7. The maximum absolute atomic E-state index is 13.8. The molecule has 188 valence electrons. The predicted octanol–water partition coefficient (Wildman–Crippen LogP) is 3.96. The molecule has 37 heavy (non-hydrogen) atoms. The minimum atomic E-state index is -3.25. The predicted molar refractivity (Wildman–Crippen MR) is 139 cm³/mol. The van der Waals surface area contributed by atoms with E-state index in [1.165, 1.54) is 18.4 Å². The molecule has 0 saturated heterocycles. The number of hydrogen-bond donors (Lipinski definition) is 1. The lowest BCUT2D eigenvalue weighted by Gasteiger charge is -2.12. The van der Waals surface area contributed by atoms with E-state index >= 15 is 0 Å². The van der Waals surface area contributed by atoms with Crippen LogP contribution in [0.3, 0.4) is 0 Å². The number of rotatable bonds is 7. The molecular weight excluding hydrogens is 493 g/mol. The van der Waals surface area contributed by atoms with E-state index in [4.69, 9.17) is 0 Å². The van der Waals surface area contributed by atoms with E-state index in [-0.39, 0.29) is 29.7 Å². The Bertz CT molecular complexity index is 1710. The van der Waals surface area contributed by atoms with Gasteiger partial charge in [0, 0.05) is 42.2 Å². The monoisotopic (exact) mass is 517 g/mol. The highest BCUT2D eigenvalue weighted by Crippen LogP contribution is 2.28. The molecule has 0 saturated carbocycles. The molecule has 0 aliphatic rings. The maximum Gasteiger partial charge on any atom is 0.240 e. The fraction of sp³-hybridized carbons (Fsp3) is 0.148. The molecule has 3 heterocycles. The van der Waals surface area contributed by atoms with Crippen molar-refractivity contribution >= 4 is 26.6 Å². The van der Waals surface area contributed by atoms with Crippen LogP contribution in [0.2, 0.25) is 0 Å². The molecule has 10 heteroatoms. The third-order valence-electron chi connectivity index (χ3n) is 6.16. The highest BCUT2D eigenvalue weighted by atomic mass is 32.2. The summed E-state index contributed by atoms with van der Waals surface area (Å²) >= 11 is 0. The molecule has 0 bridgehead atoms. The molecule has 1 N–H and O–H groups in total. The minimum Gasteiger partial charge on any atom is -0.349 e. The summed E-state index contributed by atoms with van der Waals surface area (Å²) in [6, 6.07) is 18.5. The number of sulfone groups is 1. The Morgan fingerprint density at radius 1 is 0.973 bits per heavy atom. The van der Waals surface area contributed by atoms with Gasteiger partial charge < -0.3 is 9.88 Å². The summed E-state index contributed by atoms with van der Waals surface area (Å²) in [4.78, 5) is 17.6. The molecule has 0 aliphatic carbocycles. The summed E-state index contributed by atoms with van der Waals surface area (Å²) in [7, 11) is -1.44. The minimum absolute atomic E-state index is 0.0421. The van der Waals surface area contributed by atoms with Crippen molar-refractivity contribution < 1.29 is 17.6 Å². The molecule has 0 fully saturated rings. The number of carbonyl (C=O) groups excluding carboxylic acids is 1. The van der Waals surface area contributed by atoms with Crippen LogP contribution in [0.25, 0.3) is 33.4 Å². The lowest BCUT2D eigenvalue weighted by atomic mass is 10.1. The number of hydrogen-bond acceptors (Lipinski definition) is 5. The van der Waals surface area contributed by atoms with Crippen molar-refractivity contribution in [3.63, 3.8) is 0 Å². The van der Waals surface area contributed by atoms with Gasteiger partial charge >= 0.3 is 0 Å². The Hall–Kier alpha value is -4.31. The van der Waals surface area contributed by atoms with Crippen molar-refractivity contribution in [2.75, 3.05) is 6.26 Å². The molecule has 5 rings (SSSR count). The van der Waals surface area contributed by atoms with Crippen LogP contribution in [0, 0.1) is 5.82 Å². The number of nitrogens with one attached hydrogen (secondary N) is 1. The van der Waals surface area contributed by atoms with Crippen LogP contribution >= 0.6 is 0 Å². The number of pyridine rings is 1. The second kappa shape index (κ2) is 9.62. The summed E-state index contributed by atoms with van der Waals surface area (Å²) in [5.74, 6) is -0.556. The van der Waals surface area contributed by atoms with Gasteiger partial charge in [-0.1, -0.05) is 18.2 Å². The normalized spacial score (nSPS) is 11.6. The number of aromatic nitrogens is 4. The van der Waals surface area contributed by atoms with E-state index in [1.54, 1.807) is 47.4 Å². The largest absolute Gasteiger partial charge is 0.349 e. The van der Waals surface area contributed by atoms with Crippen LogP contribution < -0.4 is 5.32 Å². The standard InChI is InChI=1S/C27H24FN5O3S/c1-32-25(11-12-31-32)26-14-20-13-21(28)6-10-24(20)33(26)17-27(34)30-16-22-7-3-19(15-29-22)18-4-8-23(9-5-18)37(2,35)36/h3-15H,16-17H2,1-2H3,(H,30,34). The molecule has 0 atom stereocenters. The summed E-state index contributed by atoms with van der Waals surface area (Å²) in [6.07, 6.45) is 4.53. The Morgan fingerprint density at radius 2 is 1.73 bits per heavy atom. The molecule has 1 amide bonds. The summed E-state index contributed by atoms with van der Waals surface area (Å²) in [6.45, 7) is 0.279. The third kappa shape index (κ3) is 5.14. The zero-order valence-corrected chi connectivity index (χ0v) is 21.0. The van der Waals surface area contributed by atoms with Crippen LogP contribution in [0.5, 0.6) is 0 Å². The SMILES string of the molecule is Cn1nccc1-c1cc2cc(F)ccc2n1CC(=O)NCc1ccc(-c2ccc(S(C)(=O)=O)cc2)cn1. The molecule has 0 unspecified atom stereocenters. The number of benzene rings is 2. The Labute approximate surface area is 213 Å². The fourth-order valence-electron chi connectivity index (χ4n) is 4.23. The van der Waals surface area contributed by atoms with Crippen LogP contribution in [0.1, 0.15) is 5.69 Å². The second-order valence-electron chi connectivity index (χ2n) is 8.77. The Kier molecular flexibility index (Phi) is 6.34. The van der Waals surface area contributed by atoms with Crippen LogP contribution in [-0.4, -0.2) is 39.9 Å². The number of amides is 1. The van der Waals surface area contributed by atoms with Crippen LogP contribution in [-0.2, 0) is 34.8 Å². The highest BCUT2D eigenvalue weighted by molar-refractivity contribution is 7.90. The molecule has 0 spiro atoms. The lowest BCUT2D eigenvalue weighted by molar-refractivity contribution is -0.121. The van der Waals surface area contributed by atoms with Gasteiger partial charge in [-0.25, -0.2) is 12.8 Å². The first-order valence-electron chi connectivity index (χ1n) is 11.5. The van der Waals surface area contributed by atoms with E-state index in [0.29, 0.717) is 11.1 Å². The van der Waals surface area contributed by atoms with Gasteiger partial charge in [-0.05, 0) is 54.1 Å². The molecule has 0 radical (unpaired) electrons. The van der Waals surface area contributed by atoms with Crippen molar-refractivity contribution in [1.82, 2.24) is 24.6 Å². The molecule has 0 aliphatic heterocycles. The third-order valence-corrected chi connectivity index (χ3v) is 7.28. The van der Waals surface area contributed by atoms with Crippen molar-refractivity contribution in [2.45, 2.75) is 18.0 Å². The van der Waals surface area contributed by atoms with Gasteiger partial charge in [0.25, 0.3) is 0 Å². The molecule has 2 aromatic carbocycles. The van der Waals surface area contributed by atoms with Gasteiger partial charge in [0.15, 0.2) is 9.84 Å². The Balaban J connectivity index is 1.30. The van der Waals surface area contributed by atoms with E-state index in [1.807, 2.05) is 35.9 Å². The maximum atomic E-state index is 13.8. The van der Waals surface area contributed by atoms with E-state index < -0.39 is 9.84 Å². The van der Waals surface area contributed by atoms with Crippen molar-refractivity contribution in [3.8, 4) is 22.5 Å². The van der Waals surface area contributed by atoms with Gasteiger partial charge in [0.2, 0.25) is 5.91 Å². The first-order valence-corrected chi connectivity index (χ1v) is 13.4. The summed E-state index contributed by atoms with van der Waals surface area (Å²) in [5.41, 5.74) is 4.68. The quantitative estimate of drug-likeness (QED) is 0.352. The van der Waals surface area contributed by atoms with Gasteiger partial charge in [-0.15, -0.1) is 0 Å². The number of halogens is 1. The number of fused-ring (bicyclic) bond motifs is 1. The van der Waals surface area contributed by atoms with Gasteiger partial charge in [-0.3, -0.25) is 14.5 Å². The van der Waals surface area contributed by atoms with Crippen LogP contribution in [0.4, 0.5) is 4.39 Å². The average Bonchev–Trinajstić information content (AvgIpc) is 3.45. The van der Waals surface area contributed by atoms with Gasteiger partial charge in [-0.2, -0.15) is 5.10 Å². The van der Waals surface area contributed by atoms with Crippen LogP contribution in [0.15, 0.2) is 84.0 Å². The summed E-state index contributed by atoms with van der Waals surface area (Å²) < 4.78 is 40.7. The first kappa shape index (κ1) is 24.4. The lowest BCUT2D eigenvalue weighted by Crippen LogP contribution is -2.27. The highest BCUT2D eigenvalue weighted by Gasteiger charge is 2.16. The van der Waals surface area contributed by atoms with Gasteiger partial charge in [0.05, 0.1) is 28.5 Å². The van der Waals surface area contributed by atoms with E-state index in [9.17, 15) is 17.6 Å². The molecular formula is C27H24FN5O3S. The summed E-state index contributed by atoms with van der Waals surface area (Å²) in [5, 5.41) is 7.81.